The van der Waals surface area contributed by atoms with Gasteiger partial charge in [-0.05, 0) is 48.9 Å². The van der Waals surface area contributed by atoms with Crippen molar-refractivity contribution in [1.29, 1.82) is 0 Å². The zero-order chi connectivity index (χ0) is 22.3. The molecule has 2 unspecified atom stereocenters. The normalized spacial score (nSPS) is 20.4. The number of hydrogen-bond acceptors (Lipinski definition) is 5. The van der Waals surface area contributed by atoms with Gasteiger partial charge in [-0.2, -0.15) is 0 Å². The third kappa shape index (κ3) is 4.17. The molecule has 2 atom stereocenters. The standard InChI is InChI=1S/C20H16ClF3O5S/c1-20(17(22)18(23)24)15(11-3-9-14(10-4-11)30(2,26)27)16(19(25)29-20)28-13-7-5-12(21)6-8-13/h3-10,17-18H,1-2H3. The number of ether oxygens (including phenoxy) is 2. The van der Waals surface area contributed by atoms with Gasteiger partial charge in [-0.1, -0.05) is 23.7 Å². The van der Waals surface area contributed by atoms with Gasteiger partial charge in [0.2, 0.25) is 11.9 Å². The molecule has 0 saturated carbocycles. The Morgan fingerprint density at radius 1 is 1.03 bits per heavy atom. The first-order valence-electron chi connectivity index (χ1n) is 8.57. The fourth-order valence-electron chi connectivity index (χ4n) is 3.05. The molecule has 2 aromatic rings. The van der Waals surface area contributed by atoms with Crippen molar-refractivity contribution >= 4 is 33.0 Å². The van der Waals surface area contributed by atoms with E-state index in [0.717, 1.165) is 13.2 Å². The lowest BCUT2D eigenvalue weighted by molar-refractivity contribution is -0.156. The van der Waals surface area contributed by atoms with E-state index in [-0.39, 0.29) is 21.8 Å². The van der Waals surface area contributed by atoms with Crippen molar-refractivity contribution in [2.75, 3.05) is 6.26 Å². The molecule has 2 aromatic carbocycles. The van der Waals surface area contributed by atoms with E-state index < -0.39 is 39.8 Å². The maximum Gasteiger partial charge on any atom is 0.375 e. The Hall–Kier alpha value is -2.52. The van der Waals surface area contributed by atoms with E-state index in [1.807, 2.05) is 0 Å². The van der Waals surface area contributed by atoms with Crippen molar-refractivity contribution in [1.82, 2.24) is 0 Å². The number of benzene rings is 2. The second-order valence-corrected chi connectivity index (χ2v) is 9.24. The van der Waals surface area contributed by atoms with Crippen LogP contribution in [-0.2, 0) is 19.4 Å². The summed E-state index contributed by atoms with van der Waals surface area (Å²) in [4.78, 5) is 12.4. The fourth-order valence-corrected chi connectivity index (χ4v) is 3.81. The molecule has 0 spiro atoms. The second kappa shape index (κ2) is 7.96. The maximum absolute atomic E-state index is 14.5. The van der Waals surface area contributed by atoms with Gasteiger partial charge >= 0.3 is 5.97 Å². The van der Waals surface area contributed by atoms with Crippen molar-refractivity contribution < 1.29 is 35.9 Å². The third-order valence-electron chi connectivity index (χ3n) is 4.57. The van der Waals surface area contributed by atoms with Crippen LogP contribution < -0.4 is 4.74 Å². The minimum Gasteiger partial charge on any atom is -0.449 e. The van der Waals surface area contributed by atoms with Crippen LogP contribution in [0.1, 0.15) is 12.5 Å². The molecule has 0 aliphatic carbocycles. The molecule has 0 aromatic heterocycles. The Kier molecular flexibility index (Phi) is 5.88. The predicted octanol–water partition coefficient (Wildman–Crippen LogP) is 4.45. The number of carbonyl (C=O) groups excluding carboxylic acids is 1. The first-order valence-corrected chi connectivity index (χ1v) is 10.8. The highest BCUT2D eigenvalue weighted by atomic mass is 35.5. The van der Waals surface area contributed by atoms with Gasteiger partial charge in [-0.15, -0.1) is 0 Å². The smallest absolute Gasteiger partial charge is 0.375 e. The quantitative estimate of drug-likeness (QED) is 0.596. The van der Waals surface area contributed by atoms with Crippen LogP contribution in [0.15, 0.2) is 59.2 Å². The molecular formula is C20H16ClF3O5S. The number of rotatable bonds is 6. The summed E-state index contributed by atoms with van der Waals surface area (Å²) in [5.74, 6) is -1.46. The number of sulfone groups is 1. The minimum atomic E-state index is -3.53. The Bertz CT molecular complexity index is 1100. The van der Waals surface area contributed by atoms with Gasteiger partial charge in [0.25, 0.3) is 6.43 Å². The van der Waals surface area contributed by atoms with Gasteiger partial charge in [0, 0.05) is 11.3 Å². The summed E-state index contributed by atoms with van der Waals surface area (Å²) >= 11 is 5.81. The number of esters is 1. The number of alkyl halides is 3. The molecule has 0 radical (unpaired) electrons. The summed E-state index contributed by atoms with van der Waals surface area (Å²) < 4.78 is 74.9. The summed E-state index contributed by atoms with van der Waals surface area (Å²) in [5, 5.41) is 0.397. The highest BCUT2D eigenvalue weighted by molar-refractivity contribution is 7.90. The van der Waals surface area contributed by atoms with Crippen molar-refractivity contribution in [2.45, 2.75) is 30.0 Å². The Morgan fingerprint density at radius 2 is 1.60 bits per heavy atom. The highest BCUT2D eigenvalue weighted by Crippen LogP contribution is 2.45. The number of hydrogen-bond donors (Lipinski definition) is 0. The molecule has 0 fully saturated rings. The lowest BCUT2D eigenvalue weighted by Crippen LogP contribution is -2.42. The van der Waals surface area contributed by atoms with Crippen LogP contribution in [0.3, 0.4) is 0 Å². The van der Waals surface area contributed by atoms with Crippen molar-refractivity contribution in [3.05, 3.63) is 64.9 Å². The lowest BCUT2D eigenvalue weighted by atomic mass is 9.86. The zero-order valence-corrected chi connectivity index (χ0v) is 17.3. The Morgan fingerprint density at radius 3 is 2.10 bits per heavy atom. The first-order chi connectivity index (χ1) is 13.9. The molecule has 1 heterocycles. The van der Waals surface area contributed by atoms with E-state index in [4.69, 9.17) is 21.1 Å². The van der Waals surface area contributed by atoms with Crippen molar-refractivity contribution in [3.8, 4) is 5.75 Å². The summed E-state index contributed by atoms with van der Waals surface area (Å²) in [5.41, 5.74) is -2.50. The molecule has 0 saturated heterocycles. The van der Waals surface area contributed by atoms with Crippen LogP contribution in [-0.4, -0.2) is 38.8 Å². The molecular weight excluding hydrogens is 445 g/mol. The van der Waals surface area contributed by atoms with E-state index >= 15 is 0 Å². The SMILES string of the molecule is CC1(C(F)C(F)F)OC(=O)C(Oc2ccc(Cl)cc2)=C1c1ccc(S(C)(=O)=O)cc1. The average molecular weight is 461 g/mol. The Balaban J connectivity index is 2.17. The zero-order valence-electron chi connectivity index (χ0n) is 15.7. The van der Waals surface area contributed by atoms with Crippen LogP contribution in [0.4, 0.5) is 13.2 Å². The molecule has 0 amide bonds. The number of halogens is 4. The van der Waals surface area contributed by atoms with E-state index in [0.29, 0.717) is 5.02 Å². The molecule has 0 N–H and O–H groups in total. The second-order valence-electron chi connectivity index (χ2n) is 6.79. The molecule has 1 aliphatic heterocycles. The minimum absolute atomic E-state index is 0.0374. The highest BCUT2D eigenvalue weighted by Gasteiger charge is 2.55. The van der Waals surface area contributed by atoms with Gasteiger partial charge in [0.15, 0.2) is 15.4 Å². The summed E-state index contributed by atoms with van der Waals surface area (Å²) in [6.07, 6.45) is -5.29. The van der Waals surface area contributed by atoms with Crippen LogP contribution in [0, 0.1) is 0 Å². The molecule has 160 valence electrons. The van der Waals surface area contributed by atoms with E-state index in [9.17, 15) is 26.4 Å². The third-order valence-corrected chi connectivity index (χ3v) is 5.95. The Labute approximate surface area is 176 Å². The van der Waals surface area contributed by atoms with E-state index in [1.54, 1.807) is 0 Å². The number of cyclic esters (lactones) is 1. The topological polar surface area (TPSA) is 69.7 Å². The van der Waals surface area contributed by atoms with E-state index in [1.165, 1.54) is 48.5 Å². The summed E-state index contributed by atoms with van der Waals surface area (Å²) in [7, 11) is -3.53. The molecule has 5 nitrogen and oxygen atoms in total. The van der Waals surface area contributed by atoms with Crippen molar-refractivity contribution in [3.63, 3.8) is 0 Å². The molecule has 30 heavy (non-hydrogen) atoms. The molecule has 3 rings (SSSR count). The monoisotopic (exact) mass is 460 g/mol. The predicted molar refractivity (Wildman–Crippen MR) is 104 cm³/mol. The fraction of sp³-hybridized carbons (Fsp3) is 0.250. The molecule has 1 aliphatic rings. The van der Waals surface area contributed by atoms with Gasteiger partial charge in [-0.3, -0.25) is 0 Å². The van der Waals surface area contributed by atoms with Gasteiger partial charge in [-0.25, -0.2) is 26.4 Å². The molecule has 0 bridgehead atoms. The number of carbonyl (C=O) groups is 1. The van der Waals surface area contributed by atoms with Gasteiger partial charge in [0.05, 0.1) is 10.5 Å². The van der Waals surface area contributed by atoms with E-state index in [2.05, 4.69) is 0 Å². The van der Waals surface area contributed by atoms with Crippen molar-refractivity contribution in [2.24, 2.45) is 0 Å². The molecule has 10 heteroatoms. The van der Waals surface area contributed by atoms with Crippen LogP contribution >= 0.6 is 11.6 Å². The first kappa shape index (κ1) is 22.2. The largest absolute Gasteiger partial charge is 0.449 e. The van der Waals surface area contributed by atoms with Crippen LogP contribution in [0.5, 0.6) is 5.75 Å². The lowest BCUT2D eigenvalue weighted by Gasteiger charge is -2.29. The van der Waals surface area contributed by atoms with Gasteiger partial charge in [0.1, 0.15) is 5.75 Å². The average Bonchev–Trinajstić information content (AvgIpc) is 2.93. The van der Waals surface area contributed by atoms with Crippen LogP contribution in [0.2, 0.25) is 5.02 Å². The maximum atomic E-state index is 14.5. The van der Waals surface area contributed by atoms with Crippen LogP contribution in [0.25, 0.3) is 5.57 Å². The summed E-state index contributed by atoms with van der Waals surface area (Å²) in [6, 6.07) is 10.8. The van der Waals surface area contributed by atoms with Gasteiger partial charge < -0.3 is 9.47 Å². The summed E-state index contributed by atoms with van der Waals surface area (Å²) in [6.45, 7) is 1.01.